The van der Waals surface area contributed by atoms with Crippen LogP contribution in [0.15, 0.2) is 22.4 Å². The second-order valence-corrected chi connectivity index (χ2v) is 5.23. The van der Waals surface area contributed by atoms with E-state index in [-0.39, 0.29) is 0 Å². The summed E-state index contributed by atoms with van der Waals surface area (Å²) in [5.41, 5.74) is 1.96. The zero-order valence-electron chi connectivity index (χ0n) is 9.85. The fourth-order valence-electron chi connectivity index (χ4n) is 1.48. The second kappa shape index (κ2) is 4.98. The third-order valence-corrected chi connectivity index (χ3v) is 4.01. The van der Waals surface area contributed by atoms with Gasteiger partial charge in [-0.1, -0.05) is 0 Å². The predicted molar refractivity (Wildman–Crippen MR) is 72.6 cm³/mol. The Balaban J connectivity index is 2.46. The molecule has 0 aliphatic carbocycles. The molecule has 17 heavy (non-hydrogen) atoms. The number of aromatic nitrogens is 1. The molecule has 0 fully saturated rings. The van der Waals surface area contributed by atoms with E-state index in [1.807, 2.05) is 25.1 Å². The van der Waals surface area contributed by atoms with E-state index < -0.39 is 0 Å². The first kappa shape index (κ1) is 12.3. The Labute approximate surface area is 110 Å². The molecule has 0 saturated heterocycles. The summed E-state index contributed by atoms with van der Waals surface area (Å²) < 4.78 is 11.4. The van der Waals surface area contributed by atoms with Crippen LogP contribution in [0.4, 0.5) is 0 Å². The Kier molecular flexibility index (Phi) is 3.59. The molecule has 2 aromatic rings. The lowest BCUT2D eigenvalue weighted by atomic mass is 10.2. The molecular formula is C12H13NO2S2. The summed E-state index contributed by atoms with van der Waals surface area (Å²) in [5.74, 6) is 1.43. The summed E-state index contributed by atoms with van der Waals surface area (Å²) in [6.45, 7) is 1.95. The van der Waals surface area contributed by atoms with Gasteiger partial charge in [0.05, 0.1) is 24.1 Å². The van der Waals surface area contributed by atoms with Crippen LogP contribution in [-0.4, -0.2) is 19.2 Å². The van der Waals surface area contributed by atoms with Crippen molar-refractivity contribution >= 4 is 24.0 Å². The molecule has 0 aliphatic heterocycles. The summed E-state index contributed by atoms with van der Waals surface area (Å²) >= 11 is 5.91. The van der Waals surface area contributed by atoms with Gasteiger partial charge in [-0.2, -0.15) is 0 Å². The first-order valence-electron chi connectivity index (χ1n) is 5.04. The molecule has 1 heterocycles. The van der Waals surface area contributed by atoms with Crippen LogP contribution in [0, 0.1) is 6.92 Å². The molecule has 0 spiro atoms. The van der Waals surface area contributed by atoms with Crippen molar-refractivity contribution < 1.29 is 9.47 Å². The lowest BCUT2D eigenvalue weighted by molar-refractivity contribution is 0.355. The van der Waals surface area contributed by atoms with Crippen molar-refractivity contribution in [2.75, 3.05) is 14.2 Å². The molecular weight excluding hydrogens is 254 g/mol. The van der Waals surface area contributed by atoms with Crippen molar-refractivity contribution in [2.45, 2.75) is 11.1 Å². The molecule has 0 aliphatic rings. The van der Waals surface area contributed by atoms with Gasteiger partial charge in [0, 0.05) is 5.56 Å². The molecule has 0 N–H and O–H groups in total. The van der Waals surface area contributed by atoms with Gasteiger partial charge in [0.25, 0.3) is 0 Å². The van der Waals surface area contributed by atoms with Crippen molar-refractivity contribution in [1.82, 2.24) is 4.98 Å². The lowest BCUT2D eigenvalue weighted by Crippen LogP contribution is -1.90. The fourth-order valence-corrected chi connectivity index (χ4v) is 2.59. The van der Waals surface area contributed by atoms with E-state index in [9.17, 15) is 0 Å². The highest BCUT2D eigenvalue weighted by atomic mass is 32.2. The minimum Gasteiger partial charge on any atom is -0.493 e. The number of thiol groups is 1. The number of methoxy groups -OCH3 is 2. The zero-order chi connectivity index (χ0) is 12.4. The molecule has 5 heteroatoms. The van der Waals surface area contributed by atoms with Crippen LogP contribution >= 0.6 is 24.0 Å². The van der Waals surface area contributed by atoms with Crippen LogP contribution in [0.5, 0.6) is 11.5 Å². The molecule has 0 radical (unpaired) electrons. The Morgan fingerprint density at radius 1 is 1.18 bits per heavy atom. The molecule has 0 saturated carbocycles. The molecule has 0 bridgehead atoms. The van der Waals surface area contributed by atoms with Crippen LogP contribution < -0.4 is 9.47 Å². The van der Waals surface area contributed by atoms with Gasteiger partial charge in [0.1, 0.15) is 5.01 Å². The summed E-state index contributed by atoms with van der Waals surface area (Å²) in [4.78, 5) is 4.46. The third kappa shape index (κ3) is 2.40. The van der Waals surface area contributed by atoms with Gasteiger partial charge in [-0.15, -0.1) is 24.0 Å². The maximum absolute atomic E-state index is 5.27. The summed E-state index contributed by atoms with van der Waals surface area (Å²) in [5, 5.41) is 0.938. The average molecular weight is 267 g/mol. The van der Waals surface area contributed by atoms with Crippen LogP contribution in [0.1, 0.15) is 5.69 Å². The number of benzene rings is 1. The van der Waals surface area contributed by atoms with Gasteiger partial charge < -0.3 is 9.47 Å². The zero-order valence-corrected chi connectivity index (χ0v) is 11.6. The predicted octanol–water partition coefficient (Wildman–Crippen LogP) is 3.42. The SMILES string of the molecule is COc1ccc(-c2nc(C)c(S)s2)cc1OC. The van der Waals surface area contributed by atoms with E-state index in [0.717, 1.165) is 26.2 Å². The van der Waals surface area contributed by atoms with Gasteiger partial charge in [-0.05, 0) is 25.1 Å². The highest BCUT2D eigenvalue weighted by molar-refractivity contribution is 7.83. The van der Waals surface area contributed by atoms with E-state index in [0.29, 0.717) is 5.75 Å². The van der Waals surface area contributed by atoms with Gasteiger partial charge in [-0.3, -0.25) is 0 Å². The number of hydrogen-bond acceptors (Lipinski definition) is 5. The first-order chi connectivity index (χ1) is 8.15. The molecule has 0 amide bonds. The minimum absolute atomic E-state index is 0.707. The Morgan fingerprint density at radius 3 is 2.41 bits per heavy atom. The molecule has 0 atom stereocenters. The van der Waals surface area contributed by atoms with Gasteiger partial charge in [0.2, 0.25) is 0 Å². The van der Waals surface area contributed by atoms with Gasteiger partial charge in [-0.25, -0.2) is 4.98 Å². The highest BCUT2D eigenvalue weighted by Crippen LogP contribution is 2.35. The summed E-state index contributed by atoms with van der Waals surface area (Å²) in [6.07, 6.45) is 0. The molecule has 3 nitrogen and oxygen atoms in total. The van der Waals surface area contributed by atoms with Crippen LogP contribution in [0.25, 0.3) is 10.6 Å². The minimum atomic E-state index is 0.707. The van der Waals surface area contributed by atoms with Crippen molar-refractivity contribution in [3.05, 3.63) is 23.9 Å². The van der Waals surface area contributed by atoms with Crippen molar-refractivity contribution in [1.29, 1.82) is 0 Å². The van der Waals surface area contributed by atoms with Crippen molar-refractivity contribution in [2.24, 2.45) is 0 Å². The Hall–Kier alpha value is -1.20. The number of thiazole rings is 1. The van der Waals surface area contributed by atoms with E-state index in [2.05, 4.69) is 17.6 Å². The average Bonchev–Trinajstić information content (AvgIpc) is 2.68. The maximum atomic E-state index is 5.27. The largest absolute Gasteiger partial charge is 0.493 e. The molecule has 90 valence electrons. The highest BCUT2D eigenvalue weighted by Gasteiger charge is 2.10. The van der Waals surface area contributed by atoms with Crippen LogP contribution in [0.2, 0.25) is 0 Å². The lowest BCUT2D eigenvalue weighted by Gasteiger charge is -2.08. The van der Waals surface area contributed by atoms with Gasteiger partial charge in [0.15, 0.2) is 11.5 Å². The third-order valence-electron chi connectivity index (χ3n) is 2.40. The summed E-state index contributed by atoms with van der Waals surface area (Å²) in [7, 11) is 3.25. The number of nitrogens with zero attached hydrogens (tertiary/aromatic N) is 1. The van der Waals surface area contributed by atoms with Crippen LogP contribution in [0.3, 0.4) is 0 Å². The molecule has 1 aromatic heterocycles. The van der Waals surface area contributed by atoms with E-state index in [1.54, 1.807) is 25.6 Å². The molecule has 2 rings (SSSR count). The number of rotatable bonds is 3. The number of hydrogen-bond donors (Lipinski definition) is 1. The van der Waals surface area contributed by atoms with Crippen molar-refractivity contribution in [3.63, 3.8) is 0 Å². The molecule has 0 unspecified atom stereocenters. The number of ether oxygens (including phenoxy) is 2. The number of aryl methyl sites for hydroxylation is 1. The Morgan fingerprint density at radius 2 is 1.88 bits per heavy atom. The topological polar surface area (TPSA) is 31.4 Å². The summed E-state index contributed by atoms with van der Waals surface area (Å²) in [6, 6.07) is 5.76. The van der Waals surface area contributed by atoms with Gasteiger partial charge >= 0.3 is 0 Å². The Bertz CT molecular complexity index is 518. The van der Waals surface area contributed by atoms with Crippen LogP contribution in [-0.2, 0) is 0 Å². The van der Waals surface area contributed by atoms with Crippen molar-refractivity contribution in [3.8, 4) is 22.1 Å². The quantitative estimate of drug-likeness (QED) is 0.865. The standard InChI is InChI=1S/C12H13NO2S2/c1-7-12(16)17-11(13-7)8-4-5-9(14-2)10(6-8)15-3/h4-6,16H,1-3H3. The second-order valence-electron chi connectivity index (χ2n) is 3.48. The smallest absolute Gasteiger partial charge is 0.161 e. The molecule has 1 aromatic carbocycles. The van der Waals surface area contributed by atoms with E-state index >= 15 is 0 Å². The monoisotopic (exact) mass is 267 g/mol. The maximum Gasteiger partial charge on any atom is 0.161 e. The van der Waals surface area contributed by atoms with E-state index in [4.69, 9.17) is 9.47 Å². The first-order valence-corrected chi connectivity index (χ1v) is 6.31. The fraction of sp³-hybridized carbons (Fsp3) is 0.250. The van der Waals surface area contributed by atoms with E-state index in [1.165, 1.54) is 0 Å². The normalized spacial score (nSPS) is 10.4.